The number of benzene rings is 1. The van der Waals surface area contributed by atoms with Crippen molar-refractivity contribution in [2.24, 2.45) is 5.73 Å². The second kappa shape index (κ2) is 6.29. The van der Waals surface area contributed by atoms with Crippen LogP contribution in [0.1, 0.15) is 26.7 Å². The molecule has 1 heterocycles. The summed E-state index contributed by atoms with van der Waals surface area (Å²) >= 11 is 3.28. The SMILES string of the molecule is CC(C)(C(=O)N1CCC(N)CC1)S(=O)(=O)c1ccc(Br)cc1. The number of nitrogens with zero attached hydrogens (tertiary/aromatic N) is 1. The predicted octanol–water partition coefficient (Wildman–Crippen LogP) is 1.95. The van der Waals surface area contributed by atoms with Gasteiger partial charge < -0.3 is 10.6 Å². The minimum Gasteiger partial charge on any atom is -0.341 e. The maximum atomic E-state index is 12.8. The van der Waals surface area contributed by atoms with Crippen molar-refractivity contribution in [3.05, 3.63) is 28.7 Å². The number of sulfone groups is 1. The normalized spacial score (nSPS) is 17.5. The fourth-order valence-electron chi connectivity index (χ4n) is 2.51. The van der Waals surface area contributed by atoms with E-state index in [1.807, 2.05) is 0 Å². The van der Waals surface area contributed by atoms with Gasteiger partial charge in [0.05, 0.1) is 4.90 Å². The molecule has 2 N–H and O–H groups in total. The second-order valence-electron chi connectivity index (χ2n) is 6.10. The van der Waals surface area contributed by atoms with Crippen molar-refractivity contribution in [3.8, 4) is 0 Å². The zero-order valence-electron chi connectivity index (χ0n) is 12.8. The van der Waals surface area contributed by atoms with Crippen LogP contribution in [0.15, 0.2) is 33.6 Å². The Balaban J connectivity index is 2.28. The number of likely N-dealkylation sites (tertiary alicyclic amines) is 1. The highest BCUT2D eigenvalue weighted by atomic mass is 79.9. The van der Waals surface area contributed by atoms with Crippen molar-refractivity contribution in [2.45, 2.75) is 42.4 Å². The summed E-state index contributed by atoms with van der Waals surface area (Å²) in [5, 5.41) is 0. The number of rotatable bonds is 3. The van der Waals surface area contributed by atoms with Crippen LogP contribution in [-0.4, -0.2) is 43.1 Å². The largest absolute Gasteiger partial charge is 0.341 e. The van der Waals surface area contributed by atoms with E-state index in [9.17, 15) is 13.2 Å². The molecule has 1 aliphatic heterocycles. The number of hydrogen-bond donors (Lipinski definition) is 1. The Kier molecular flexibility index (Phi) is 4.99. The number of halogens is 1. The number of carbonyl (C=O) groups is 1. The molecule has 7 heteroatoms. The van der Waals surface area contributed by atoms with E-state index in [0.29, 0.717) is 25.9 Å². The van der Waals surface area contributed by atoms with E-state index < -0.39 is 14.6 Å². The molecule has 0 unspecified atom stereocenters. The third-order valence-electron chi connectivity index (χ3n) is 4.14. The average molecular weight is 389 g/mol. The van der Waals surface area contributed by atoms with Gasteiger partial charge in [0.25, 0.3) is 0 Å². The Hall–Kier alpha value is -0.920. The van der Waals surface area contributed by atoms with E-state index in [-0.39, 0.29) is 16.8 Å². The Labute approximate surface area is 139 Å². The number of piperidine rings is 1. The van der Waals surface area contributed by atoms with Gasteiger partial charge in [0.1, 0.15) is 4.75 Å². The highest BCUT2D eigenvalue weighted by Crippen LogP contribution is 2.29. The lowest BCUT2D eigenvalue weighted by molar-refractivity contribution is -0.134. The molecular weight excluding hydrogens is 368 g/mol. The quantitative estimate of drug-likeness (QED) is 0.857. The van der Waals surface area contributed by atoms with Gasteiger partial charge in [-0.2, -0.15) is 0 Å². The lowest BCUT2D eigenvalue weighted by atomic mass is 10.0. The summed E-state index contributed by atoms with van der Waals surface area (Å²) in [5.41, 5.74) is 5.84. The molecule has 0 atom stereocenters. The molecule has 0 aromatic heterocycles. The zero-order chi connectivity index (χ0) is 16.5. The molecule has 5 nitrogen and oxygen atoms in total. The Morgan fingerprint density at radius 1 is 1.23 bits per heavy atom. The Morgan fingerprint density at radius 3 is 2.23 bits per heavy atom. The summed E-state index contributed by atoms with van der Waals surface area (Å²) in [6.45, 7) is 3.97. The van der Waals surface area contributed by atoms with Crippen molar-refractivity contribution >= 4 is 31.7 Å². The highest BCUT2D eigenvalue weighted by Gasteiger charge is 2.45. The average Bonchev–Trinajstić information content (AvgIpc) is 2.47. The molecule has 0 aliphatic carbocycles. The van der Waals surface area contributed by atoms with Crippen LogP contribution < -0.4 is 5.73 Å². The molecule has 0 spiro atoms. The van der Waals surface area contributed by atoms with Crippen LogP contribution in [-0.2, 0) is 14.6 Å². The number of amides is 1. The van der Waals surface area contributed by atoms with E-state index >= 15 is 0 Å². The molecule has 1 amide bonds. The van der Waals surface area contributed by atoms with Crippen molar-refractivity contribution < 1.29 is 13.2 Å². The van der Waals surface area contributed by atoms with Crippen LogP contribution in [0.5, 0.6) is 0 Å². The van der Waals surface area contributed by atoms with Crippen LogP contribution >= 0.6 is 15.9 Å². The fraction of sp³-hybridized carbons (Fsp3) is 0.533. The smallest absolute Gasteiger partial charge is 0.243 e. The van der Waals surface area contributed by atoms with Crippen LogP contribution in [0, 0.1) is 0 Å². The van der Waals surface area contributed by atoms with Gasteiger partial charge in [0, 0.05) is 23.6 Å². The number of nitrogens with two attached hydrogens (primary N) is 1. The first kappa shape index (κ1) is 17.4. The third kappa shape index (κ3) is 3.21. The van der Waals surface area contributed by atoms with E-state index in [4.69, 9.17) is 5.73 Å². The minimum atomic E-state index is -3.76. The highest BCUT2D eigenvalue weighted by molar-refractivity contribution is 9.10. The maximum absolute atomic E-state index is 12.8. The van der Waals surface area contributed by atoms with Gasteiger partial charge in [-0.05, 0) is 51.0 Å². The van der Waals surface area contributed by atoms with E-state index in [2.05, 4.69) is 15.9 Å². The monoisotopic (exact) mass is 388 g/mol. The molecule has 122 valence electrons. The van der Waals surface area contributed by atoms with Gasteiger partial charge in [0.15, 0.2) is 9.84 Å². The Morgan fingerprint density at radius 2 is 1.73 bits per heavy atom. The van der Waals surface area contributed by atoms with Gasteiger partial charge in [-0.25, -0.2) is 8.42 Å². The summed E-state index contributed by atoms with van der Waals surface area (Å²) in [7, 11) is -3.76. The minimum absolute atomic E-state index is 0.0928. The molecule has 1 aliphatic rings. The van der Waals surface area contributed by atoms with Crippen molar-refractivity contribution in [3.63, 3.8) is 0 Å². The fourth-order valence-corrected chi connectivity index (χ4v) is 4.21. The molecule has 1 aromatic carbocycles. The van der Waals surface area contributed by atoms with Gasteiger partial charge in [-0.3, -0.25) is 4.79 Å². The molecule has 0 bridgehead atoms. The summed E-state index contributed by atoms with van der Waals surface area (Å²) in [5.74, 6) is -0.359. The van der Waals surface area contributed by atoms with Gasteiger partial charge >= 0.3 is 0 Å². The van der Waals surface area contributed by atoms with Crippen LogP contribution in [0.2, 0.25) is 0 Å². The molecular formula is C15H21BrN2O3S. The third-order valence-corrected chi connectivity index (χ3v) is 7.08. The van der Waals surface area contributed by atoms with Gasteiger partial charge in [0.2, 0.25) is 5.91 Å². The number of carbonyl (C=O) groups excluding carboxylic acids is 1. The first-order valence-electron chi connectivity index (χ1n) is 7.21. The summed E-state index contributed by atoms with van der Waals surface area (Å²) in [6, 6.07) is 6.44. The van der Waals surface area contributed by atoms with Crippen molar-refractivity contribution in [1.82, 2.24) is 4.90 Å². The molecule has 1 aromatic rings. The maximum Gasteiger partial charge on any atom is 0.243 e. The lowest BCUT2D eigenvalue weighted by Gasteiger charge is -2.35. The summed E-state index contributed by atoms with van der Waals surface area (Å²) in [6.07, 6.45) is 1.42. The molecule has 0 saturated carbocycles. The lowest BCUT2D eigenvalue weighted by Crippen LogP contribution is -2.53. The standard InChI is InChI=1S/C15H21BrN2O3S/c1-15(2,14(19)18-9-7-12(17)8-10-18)22(20,21)13-5-3-11(16)4-6-13/h3-6,12H,7-10,17H2,1-2H3. The molecule has 1 fully saturated rings. The predicted molar refractivity (Wildman–Crippen MR) is 89.2 cm³/mol. The van der Waals surface area contributed by atoms with Crippen LogP contribution in [0.3, 0.4) is 0 Å². The van der Waals surface area contributed by atoms with E-state index in [0.717, 1.165) is 4.47 Å². The second-order valence-corrected chi connectivity index (χ2v) is 9.51. The topological polar surface area (TPSA) is 80.5 Å². The van der Waals surface area contributed by atoms with Crippen molar-refractivity contribution in [1.29, 1.82) is 0 Å². The summed E-state index contributed by atoms with van der Waals surface area (Å²) < 4.78 is 24.9. The first-order chi connectivity index (χ1) is 10.2. The Bertz CT molecular complexity index is 648. The van der Waals surface area contributed by atoms with Gasteiger partial charge in [-0.15, -0.1) is 0 Å². The van der Waals surface area contributed by atoms with Crippen LogP contribution in [0.4, 0.5) is 0 Å². The zero-order valence-corrected chi connectivity index (χ0v) is 15.2. The van der Waals surface area contributed by atoms with Gasteiger partial charge in [-0.1, -0.05) is 15.9 Å². The number of hydrogen-bond acceptors (Lipinski definition) is 4. The van der Waals surface area contributed by atoms with Crippen LogP contribution in [0.25, 0.3) is 0 Å². The van der Waals surface area contributed by atoms with E-state index in [1.165, 1.54) is 26.0 Å². The molecule has 2 rings (SSSR count). The molecule has 0 radical (unpaired) electrons. The van der Waals surface area contributed by atoms with E-state index in [1.54, 1.807) is 17.0 Å². The summed E-state index contributed by atoms with van der Waals surface area (Å²) in [4.78, 5) is 14.5. The molecule has 1 saturated heterocycles. The molecule has 22 heavy (non-hydrogen) atoms. The van der Waals surface area contributed by atoms with Crippen molar-refractivity contribution in [2.75, 3.05) is 13.1 Å². The first-order valence-corrected chi connectivity index (χ1v) is 9.49.